The minimum Gasteiger partial charge on any atom is -0.316 e. The Balaban J connectivity index is 2.05. The van der Waals surface area contributed by atoms with Crippen molar-refractivity contribution in [3.63, 3.8) is 0 Å². The molecule has 1 aromatic rings. The molecule has 0 spiro atoms. The van der Waals surface area contributed by atoms with Crippen LogP contribution in [0.25, 0.3) is 0 Å². The maximum absolute atomic E-state index is 11.6. The number of hydrogen-bond donors (Lipinski definition) is 1. The zero-order valence-electron chi connectivity index (χ0n) is 8.25. The van der Waals surface area contributed by atoms with E-state index in [4.69, 9.17) is 0 Å². The van der Waals surface area contributed by atoms with Gasteiger partial charge in [-0.05, 0) is 31.5 Å². The molecule has 2 heteroatoms. The highest BCUT2D eigenvalue weighted by atomic mass is 19.1. The van der Waals surface area contributed by atoms with Gasteiger partial charge in [-0.15, -0.1) is 0 Å². The van der Waals surface area contributed by atoms with Gasteiger partial charge in [0.25, 0.3) is 0 Å². The van der Waals surface area contributed by atoms with Crippen molar-refractivity contribution in [1.29, 1.82) is 0 Å². The highest BCUT2D eigenvalue weighted by Gasteiger charge is 1.90. The lowest BCUT2D eigenvalue weighted by atomic mass is 10.1. The van der Waals surface area contributed by atoms with E-state index in [1.54, 1.807) is 0 Å². The minimum absolute atomic E-state index is 0.596. The first-order chi connectivity index (χ1) is 6.93. The topological polar surface area (TPSA) is 12.0 Å². The largest absolute Gasteiger partial charge is 0.316 e. The van der Waals surface area contributed by atoms with Crippen LogP contribution in [0.4, 0.5) is 4.39 Å². The molecule has 0 aliphatic heterocycles. The van der Waals surface area contributed by atoms with Gasteiger partial charge in [-0.2, -0.15) is 0 Å². The molecule has 0 saturated carbocycles. The van der Waals surface area contributed by atoms with Crippen LogP contribution in [0, 0.1) is 0 Å². The van der Waals surface area contributed by atoms with E-state index in [0.717, 1.165) is 25.9 Å². The molecule has 1 aromatic carbocycles. The van der Waals surface area contributed by atoms with Crippen LogP contribution in [0.5, 0.6) is 0 Å². The van der Waals surface area contributed by atoms with E-state index in [0.29, 0.717) is 6.33 Å². The van der Waals surface area contributed by atoms with Gasteiger partial charge in [0.2, 0.25) is 0 Å². The molecule has 14 heavy (non-hydrogen) atoms. The summed E-state index contributed by atoms with van der Waals surface area (Å²) in [5.74, 6) is 0. The van der Waals surface area contributed by atoms with Crippen molar-refractivity contribution in [3.05, 3.63) is 48.3 Å². The van der Waals surface area contributed by atoms with Crippen molar-refractivity contribution in [3.8, 4) is 0 Å². The molecule has 0 saturated heterocycles. The SMILES string of the molecule is F/C=C/CCNCCc1ccccc1. The summed E-state index contributed by atoms with van der Waals surface area (Å²) in [5, 5.41) is 3.25. The predicted molar refractivity (Wildman–Crippen MR) is 57.9 cm³/mol. The fourth-order valence-electron chi connectivity index (χ4n) is 1.25. The smallest absolute Gasteiger partial charge is 0.0827 e. The van der Waals surface area contributed by atoms with Gasteiger partial charge in [-0.25, -0.2) is 4.39 Å². The first-order valence-electron chi connectivity index (χ1n) is 4.93. The second-order valence-electron chi connectivity index (χ2n) is 3.14. The Morgan fingerprint density at radius 2 is 1.93 bits per heavy atom. The Morgan fingerprint density at radius 1 is 1.14 bits per heavy atom. The standard InChI is InChI=1S/C12H16FN/c13-9-4-5-10-14-11-8-12-6-2-1-3-7-12/h1-4,6-7,9,14H,5,8,10-11H2/b9-4+. The van der Waals surface area contributed by atoms with Crippen molar-refractivity contribution in [2.75, 3.05) is 13.1 Å². The van der Waals surface area contributed by atoms with Crippen LogP contribution in [-0.2, 0) is 6.42 Å². The van der Waals surface area contributed by atoms with Gasteiger partial charge >= 0.3 is 0 Å². The summed E-state index contributed by atoms with van der Waals surface area (Å²) in [7, 11) is 0. The molecule has 0 aliphatic carbocycles. The first kappa shape index (κ1) is 10.9. The number of halogens is 1. The Hall–Kier alpha value is -1.15. The molecular weight excluding hydrogens is 177 g/mol. The van der Waals surface area contributed by atoms with Crippen LogP contribution in [-0.4, -0.2) is 13.1 Å². The molecule has 0 bridgehead atoms. The molecule has 0 heterocycles. The second-order valence-corrected chi connectivity index (χ2v) is 3.14. The summed E-state index contributed by atoms with van der Waals surface area (Å²) in [6, 6.07) is 10.3. The molecule has 1 rings (SSSR count). The summed E-state index contributed by atoms with van der Waals surface area (Å²) < 4.78 is 11.6. The van der Waals surface area contributed by atoms with E-state index < -0.39 is 0 Å². The molecule has 0 radical (unpaired) electrons. The van der Waals surface area contributed by atoms with E-state index >= 15 is 0 Å². The molecule has 0 amide bonds. The zero-order valence-corrected chi connectivity index (χ0v) is 8.25. The lowest BCUT2D eigenvalue weighted by Gasteiger charge is -2.02. The average Bonchev–Trinajstić information content (AvgIpc) is 2.25. The first-order valence-corrected chi connectivity index (χ1v) is 4.93. The zero-order chi connectivity index (χ0) is 10.1. The lowest BCUT2D eigenvalue weighted by molar-refractivity contribution is 0.674. The van der Waals surface area contributed by atoms with Gasteiger partial charge < -0.3 is 5.32 Å². The molecule has 1 N–H and O–H groups in total. The van der Waals surface area contributed by atoms with Crippen molar-refractivity contribution < 1.29 is 4.39 Å². The van der Waals surface area contributed by atoms with E-state index in [1.165, 1.54) is 11.6 Å². The van der Waals surface area contributed by atoms with E-state index in [2.05, 4.69) is 17.4 Å². The number of benzene rings is 1. The molecule has 0 fully saturated rings. The molecule has 0 atom stereocenters. The van der Waals surface area contributed by atoms with Crippen molar-refractivity contribution in [2.45, 2.75) is 12.8 Å². The van der Waals surface area contributed by atoms with Gasteiger partial charge in [-0.3, -0.25) is 0 Å². The van der Waals surface area contributed by atoms with E-state index in [9.17, 15) is 4.39 Å². The monoisotopic (exact) mass is 193 g/mol. The summed E-state index contributed by atoms with van der Waals surface area (Å²) in [4.78, 5) is 0. The average molecular weight is 193 g/mol. The van der Waals surface area contributed by atoms with E-state index in [-0.39, 0.29) is 0 Å². The number of hydrogen-bond acceptors (Lipinski definition) is 1. The second kappa shape index (κ2) is 7.27. The molecular formula is C12H16FN. The van der Waals surface area contributed by atoms with Crippen LogP contribution >= 0.6 is 0 Å². The minimum atomic E-state index is 0.596. The highest BCUT2D eigenvalue weighted by molar-refractivity contribution is 5.14. The van der Waals surface area contributed by atoms with Crippen LogP contribution < -0.4 is 5.32 Å². The Morgan fingerprint density at radius 3 is 2.64 bits per heavy atom. The third kappa shape index (κ3) is 4.77. The normalized spacial score (nSPS) is 10.9. The van der Waals surface area contributed by atoms with Crippen molar-refractivity contribution in [1.82, 2.24) is 5.32 Å². The summed E-state index contributed by atoms with van der Waals surface area (Å²) >= 11 is 0. The fraction of sp³-hybridized carbons (Fsp3) is 0.333. The van der Waals surface area contributed by atoms with Crippen LogP contribution in [0.3, 0.4) is 0 Å². The quantitative estimate of drug-likeness (QED) is 0.685. The Kier molecular flexibility index (Phi) is 5.68. The molecule has 0 aromatic heterocycles. The molecule has 1 nitrogen and oxygen atoms in total. The Labute approximate surface area is 84.6 Å². The third-order valence-electron chi connectivity index (χ3n) is 2.01. The fourth-order valence-corrected chi connectivity index (χ4v) is 1.25. The van der Waals surface area contributed by atoms with Gasteiger partial charge in [0.05, 0.1) is 6.33 Å². The number of nitrogens with one attached hydrogen (secondary N) is 1. The third-order valence-corrected chi connectivity index (χ3v) is 2.01. The maximum atomic E-state index is 11.6. The van der Waals surface area contributed by atoms with Gasteiger partial charge in [0.1, 0.15) is 0 Å². The summed E-state index contributed by atoms with van der Waals surface area (Å²) in [5.41, 5.74) is 1.33. The highest BCUT2D eigenvalue weighted by Crippen LogP contribution is 1.97. The predicted octanol–water partition coefficient (Wildman–Crippen LogP) is 2.69. The van der Waals surface area contributed by atoms with E-state index in [1.807, 2.05) is 18.2 Å². The summed E-state index contributed by atoms with van der Waals surface area (Å²) in [6.07, 6.45) is 3.90. The van der Waals surface area contributed by atoms with Crippen LogP contribution in [0.15, 0.2) is 42.7 Å². The molecule has 0 aliphatic rings. The van der Waals surface area contributed by atoms with Crippen LogP contribution in [0.2, 0.25) is 0 Å². The van der Waals surface area contributed by atoms with Crippen molar-refractivity contribution >= 4 is 0 Å². The molecule has 0 unspecified atom stereocenters. The maximum Gasteiger partial charge on any atom is 0.0827 e. The van der Waals surface area contributed by atoms with Gasteiger partial charge in [0, 0.05) is 0 Å². The van der Waals surface area contributed by atoms with Crippen LogP contribution in [0.1, 0.15) is 12.0 Å². The van der Waals surface area contributed by atoms with Gasteiger partial charge in [-0.1, -0.05) is 36.4 Å². The molecule has 76 valence electrons. The number of rotatable bonds is 6. The Bertz CT molecular complexity index is 256. The summed E-state index contributed by atoms with van der Waals surface area (Å²) in [6.45, 7) is 1.79. The van der Waals surface area contributed by atoms with Crippen molar-refractivity contribution in [2.24, 2.45) is 0 Å². The van der Waals surface area contributed by atoms with Gasteiger partial charge in [0.15, 0.2) is 0 Å². The lowest BCUT2D eigenvalue weighted by Crippen LogP contribution is -2.17.